The Hall–Kier alpha value is -1.39. The van der Waals surface area contributed by atoms with Crippen molar-refractivity contribution in [2.75, 3.05) is 13.2 Å². The van der Waals surface area contributed by atoms with Gasteiger partial charge in [-0.1, -0.05) is 43.2 Å². The second kappa shape index (κ2) is 7.57. The minimum Gasteiger partial charge on any atom is -0.464 e. The van der Waals surface area contributed by atoms with Crippen LogP contribution in [0.5, 0.6) is 0 Å². The second-order valence-electron chi connectivity index (χ2n) is 5.59. The molecule has 1 aromatic rings. The van der Waals surface area contributed by atoms with Gasteiger partial charge < -0.3 is 15.2 Å². The number of carbonyl (C=O) groups is 1. The lowest BCUT2D eigenvalue weighted by Crippen LogP contribution is -2.47. The van der Waals surface area contributed by atoms with Crippen LogP contribution in [0.4, 0.5) is 0 Å². The summed E-state index contributed by atoms with van der Waals surface area (Å²) in [7, 11) is 0. The first-order valence-corrected chi connectivity index (χ1v) is 7.80. The predicted molar refractivity (Wildman–Crippen MR) is 81.8 cm³/mol. The molecule has 0 aromatic heterocycles. The van der Waals surface area contributed by atoms with Crippen LogP contribution in [0, 0.1) is 0 Å². The maximum Gasteiger partial charge on any atom is 0.330 e. The number of carbonyl (C=O) groups excluding carboxylic acids is 1. The Balaban J connectivity index is 2.02. The summed E-state index contributed by atoms with van der Waals surface area (Å²) in [6, 6.07) is 9.41. The molecule has 0 bridgehead atoms. The molecule has 21 heavy (non-hydrogen) atoms. The van der Waals surface area contributed by atoms with Crippen LogP contribution in [0.2, 0.25) is 0 Å². The van der Waals surface area contributed by atoms with Gasteiger partial charge in [0.15, 0.2) is 0 Å². The largest absolute Gasteiger partial charge is 0.464 e. The molecule has 0 aliphatic heterocycles. The van der Waals surface area contributed by atoms with Crippen LogP contribution in [0.3, 0.4) is 0 Å². The van der Waals surface area contributed by atoms with E-state index < -0.39 is 5.54 Å². The number of hydrogen-bond donors (Lipinski definition) is 1. The standard InChI is InChI=1S/C17H25NO3/c1-2-20-16(19)17(18,14-8-4-3-5-9-14)12-13-21-15-10-6-7-11-15/h3-5,8-9,15H,2,6-7,10-13,18H2,1H3. The van der Waals surface area contributed by atoms with Gasteiger partial charge in [-0.25, -0.2) is 4.79 Å². The highest BCUT2D eigenvalue weighted by molar-refractivity contribution is 5.82. The Morgan fingerprint density at radius 1 is 1.29 bits per heavy atom. The van der Waals surface area contributed by atoms with E-state index in [0.717, 1.165) is 18.4 Å². The normalized spacial score (nSPS) is 18.4. The average molecular weight is 291 g/mol. The molecule has 4 heteroatoms. The average Bonchev–Trinajstić information content (AvgIpc) is 3.01. The maximum absolute atomic E-state index is 12.3. The lowest BCUT2D eigenvalue weighted by Gasteiger charge is -2.28. The molecule has 1 saturated carbocycles. The Labute approximate surface area is 126 Å². The van der Waals surface area contributed by atoms with E-state index >= 15 is 0 Å². The molecular formula is C17H25NO3. The van der Waals surface area contributed by atoms with Gasteiger partial charge in [0.25, 0.3) is 0 Å². The zero-order valence-corrected chi connectivity index (χ0v) is 12.7. The van der Waals surface area contributed by atoms with Gasteiger partial charge in [0.05, 0.1) is 12.7 Å². The van der Waals surface area contributed by atoms with Crippen molar-refractivity contribution < 1.29 is 14.3 Å². The quantitative estimate of drug-likeness (QED) is 0.785. The zero-order valence-electron chi connectivity index (χ0n) is 12.7. The van der Waals surface area contributed by atoms with Gasteiger partial charge >= 0.3 is 5.97 Å². The summed E-state index contributed by atoms with van der Waals surface area (Å²) in [5.41, 5.74) is 6.03. The Bertz CT molecular complexity index is 443. The minimum absolute atomic E-state index is 0.326. The van der Waals surface area contributed by atoms with E-state index in [4.69, 9.17) is 15.2 Å². The van der Waals surface area contributed by atoms with E-state index in [-0.39, 0.29) is 5.97 Å². The van der Waals surface area contributed by atoms with Crippen molar-refractivity contribution in [3.05, 3.63) is 35.9 Å². The van der Waals surface area contributed by atoms with E-state index in [2.05, 4.69) is 0 Å². The van der Waals surface area contributed by atoms with Crippen LogP contribution in [0.1, 0.15) is 44.6 Å². The van der Waals surface area contributed by atoms with Crippen LogP contribution in [-0.2, 0) is 19.8 Å². The van der Waals surface area contributed by atoms with Crippen molar-refractivity contribution in [1.29, 1.82) is 0 Å². The summed E-state index contributed by atoms with van der Waals surface area (Å²) >= 11 is 0. The summed E-state index contributed by atoms with van der Waals surface area (Å²) < 4.78 is 11.0. The highest BCUT2D eigenvalue weighted by Crippen LogP contribution is 2.26. The van der Waals surface area contributed by atoms with E-state index in [1.54, 1.807) is 6.92 Å². The molecule has 1 aromatic carbocycles. The Morgan fingerprint density at radius 3 is 2.57 bits per heavy atom. The summed E-state index contributed by atoms with van der Waals surface area (Å²) in [5, 5.41) is 0. The first-order valence-electron chi connectivity index (χ1n) is 7.80. The lowest BCUT2D eigenvalue weighted by molar-refractivity contribution is -0.151. The fourth-order valence-corrected chi connectivity index (χ4v) is 2.80. The lowest BCUT2D eigenvalue weighted by atomic mass is 9.88. The number of rotatable bonds is 7. The molecule has 2 N–H and O–H groups in total. The molecule has 1 aliphatic rings. The molecule has 116 valence electrons. The van der Waals surface area contributed by atoms with Gasteiger partial charge in [0.1, 0.15) is 5.54 Å². The Morgan fingerprint density at radius 2 is 1.95 bits per heavy atom. The summed E-state index contributed by atoms with van der Waals surface area (Å²) in [6.45, 7) is 2.60. The molecule has 0 saturated heterocycles. The summed E-state index contributed by atoms with van der Waals surface area (Å²) in [4.78, 5) is 12.3. The van der Waals surface area contributed by atoms with E-state index in [9.17, 15) is 4.79 Å². The van der Waals surface area contributed by atoms with Crippen LogP contribution in [0.25, 0.3) is 0 Å². The molecule has 4 nitrogen and oxygen atoms in total. The van der Waals surface area contributed by atoms with Gasteiger partial charge in [0, 0.05) is 13.0 Å². The number of ether oxygens (including phenoxy) is 2. The van der Waals surface area contributed by atoms with Crippen LogP contribution in [-0.4, -0.2) is 25.3 Å². The molecule has 1 fully saturated rings. The number of esters is 1. The van der Waals surface area contributed by atoms with Gasteiger partial charge in [-0.2, -0.15) is 0 Å². The first-order chi connectivity index (χ1) is 10.2. The third kappa shape index (κ3) is 4.05. The molecule has 1 atom stereocenters. The van der Waals surface area contributed by atoms with Gasteiger partial charge in [-0.05, 0) is 25.3 Å². The summed E-state index contributed by atoms with van der Waals surface area (Å²) in [6.07, 6.45) is 5.45. The van der Waals surface area contributed by atoms with Crippen molar-refractivity contribution in [1.82, 2.24) is 0 Å². The maximum atomic E-state index is 12.3. The summed E-state index contributed by atoms with van der Waals surface area (Å²) in [5.74, 6) is -0.383. The van der Waals surface area contributed by atoms with Crippen molar-refractivity contribution in [3.63, 3.8) is 0 Å². The fourth-order valence-electron chi connectivity index (χ4n) is 2.80. The van der Waals surface area contributed by atoms with Crippen molar-refractivity contribution >= 4 is 5.97 Å². The van der Waals surface area contributed by atoms with Gasteiger partial charge in [-0.3, -0.25) is 0 Å². The number of benzene rings is 1. The molecule has 1 unspecified atom stereocenters. The number of hydrogen-bond acceptors (Lipinski definition) is 4. The highest BCUT2D eigenvalue weighted by Gasteiger charge is 2.37. The molecule has 0 amide bonds. The van der Waals surface area contributed by atoms with Gasteiger partial charge in [-0.15, -0.1) is 0 Å². The van der Waals surface area contributed by atoms with Gasteiger partial charge in [0.2, 0.25) is 0 Å². The van der Waals surface area contributed by atoms with Crippen LogP contribution >= 0.6 is 0 Å². The topological polar surface area (TPSA) is 61.5 Å². The van der Waals surface area contributed by atoms with Crippen molar-refractivity contribution in [3.8, 4) is 0 Å². The van der Waals surface area contributed by atoms with Crippen LogP contribution in [0.15, 0.2) is 30.3 Å². The minimum atomic E-state index is -1.13. The molecule has 0 heterocycles. The van der Waals surface area contributed by atoms with Crippen molar-refractivity contribution in [2.45, 2.75) is 50.7 Å². The smallest absolute Gasteiger partial charge is 0.330 e. The SMILES string of the molecule is CCOC(=O)C(N)(CCOC1CCCC1)c1ccccc1. The third-order valence-corrected chi connectivity index (χ3v) is 4.08. The van der Waals surface area contributed by atoms with Crippen molar-refractivity contribution in [2.24, 2.45) is 5.73 Å². The fraction of sp³-hybridized carbons (Fsp3) is 0.588. The monoisotopic (exact) mass is 291 g/mol. The third-order valence-electron chi connectivity index (χ3n) is 4.08. The van der Waals surface area contributed by atoms with E-state index in [1.807, 2.05) is 30.3 Å². The predicted octanol–water partition coefficient (Wildman–Crippen LogP) is 2.75. The number of nitrogens with two attached hydrogens (primary N) is 1. The zero-order chi connectivity index (χ0) is 15.1. The molecule has 0 radical (unpaired) electrons. The van der Waals surface area contributed by atoms with E-state index in [1.165, 1.54) is 12.8 Å². The molecule has 2 rings (SSSR count). The molecular weight excluding hydrogens is 266 g/mol. The molecule has 0 spiro atoms. The second-order valence-corrected chi connectivity index (χ2v) is 5.59. The Kier molecular flexibility index (Phi) is 5.76. The molecule has 1 aliphatic carbocycles. The first kappa shape index (κ1) is 16.0. The van der Waals surface area contributed by atoms with Crippen LogP contribution < -0.4 is 5.73 Å². The van der Waals surface area contributed by atoms with E-state index in [0.29, 0.717) is 25.7 Å². The highest BCUT2D eigenvalue weighted by atomic mass is 16.5.